The number of amides is 2. The second kappa shape index (κ2) is 6.87. The molecule has 0 aliphatic carbocycles. The average Bonchev–Trinajstić information content (AvgIpc) is 2.91. The Morgan fingerprint density at radius 3 is 3.14 bits per heavy atom. The zero-order valence-electron chi connectivity index (χ0n) is 12.2. The van der Waals surface area contributed by atoms with Gasteiger partial charge in [0.1, 0.15) is 0 Å². The van der Waals surface area contributed by atoms with Crippen LogP contribution in [0.1, 0.15) is 40.7 Å². The van der Waals surface area contributed by atoms with Crippen molar-refractivity contribution in [3.8, 4) is 0 Å². The van der Waals surface area contributed by atoms with E-state index < -0.39 is 0 Å². The summed E-state index contributed by atoms with van der Waals surface area (Å²) in [5.74, 6) is -0.0609. The molecule has 0 aromatic heterocycles. The first-order valence-electron chi connectivity index (χ1n) is 7.45. The van der Waals surface area contributed by atoms with Crippen molar-refractivity contribution in [2.75, 3.05) is 6.61 Å². The molecule has 0 saturated carbocycles. The van der Waals surface area contributed by atoms with Gasteiger partial charge in [0, 0.05) is 24.9 Å². The van der Waals surface area contributed by atoms with Crippen LogP contribution < -0.4 is 16.3 Å². The third-order valence-electron chi connectivity index (χ3n) is 3.85. The van der Waals surface area contributed by atoms with Crippen molar-refractivity contribution >= 4 is 11.8 Å². The Bertz CT molecular complexity index is 570. The number of benzene rings is 1. The lowest BCUT2D eigenvalue weighted by Gasteiger charge is -2.23. The number of hydrogen-bond acceptors (Lipinski definition) is 5. The number of hydrogen-bond donors (Lipinski definition) is 3. The number of rotatable bonds is 5. The van der Waals surface area contributed by atoms with Crippen LogP contribution in [0.4, 0.5) is 0 Å². The molecule has 0 radical (unpaired) electrons. The van der Waals surface area contributed by atoms with E-state index in [0.29, 0.717) is 26.0 Å². The van der Waals surface area contributed by atoms with Crippen LogP contribution in [0.15, 0.2) is 18.2 Å². The van der Waals surface area contributed by atoms with Crippen LogP contribution in [0, 0.1) is 0 Å². The Morgan fingerprint density at radius 1 is 1.41 bits per heavy atom. The number of nitrogens with one attached hydrogen (secondary N) is 3. The molecular formula is C15H19N3O4. The van der Waals surface area contributed by atoms with E-state index in [0.717, 1.165) is 29.5 Å². The van der Waals surface area contributed by atoms with Crippen LogP contribution in [0.5, 0.6) is 0 Å². The van der Waals surface area contributed by atoms with Crippen LogP contribution in [0.25, 0.3) is 0 Å². The van der Waals surface area contributed by atoms with Crippen molar-refractivity contribution in [3.63, 3.8) is 0 Å². The van der Waals surface area contributed by atoms with E-state index in [2.05, 4.69) is 16.3 Å². The summed E-state index contributed by atoms with van der Waals surface area (Å²) >= 11 is 0. The van der Waals surface area contributed by atoms with Gasteiger partial charge >= 0.3 is 0 Å². The summed E-state index contributed by atoms with van der Waals surface area (Å²) in [6.07, 6.45) is 2.21. The lowest BCUT2D eigenvalue weighted by molar-refractivity contribution is -0.245. The van der Waals surface area contributed by atoms with Gasteiger partial charge in [0.15, 0.2) is 6.23 Å². The average molecular weight is 305 g/mol. The number of carbonyl (C=O) groups excluding carboxylic acids is 2. The van der Waals surface area contributed by atoms with Gasteiger partial charge in [-0.05, 0) is 30.0 Å². The standard InChI is InChI=1S/C15H19N3O4/c19-13(17-14-7-8-21-18-22-14)6-2-4-10-3-1-5-11-12(10)9-16-15(11)20/h1,3,5,14,18H,2,4,6-9H2,(H,16,20)(H,17,19). The van der Waals surface area contributed by atoms with Crippen molar-refractivity contribution < 1.29 is 19.3 Å². The third-order valence-corrected chi connectivity index (χ3v) is 3.85. The molecule has 3 rings (SSSR count). The van der Waals surface area contributed by atoms with E-state index >= 15 is 0 Å². The molecule has 1 unspecified atom stereocenters. The second-order valence-corrected chi connectivity index (χ2v) is 5.37. The smallest absolute Gasteiger partial charge is 0.251 e. The van der Waals surface area contributed by atoms with E-state index in [-0.39, 0.29) is 18.0 Å². The summed E-state index contributed by atoms with van der Waals surface area (Å²) in [7, 11) is 0. The summed E-state index contributed by atoms with van der Waals surface area (Å²) < 4.78 is 0. The maximum atomic E-state index is 11.9. The van der Waals surface area contributed by atoms with Crippen LogP contribution in [0.2, 0.25) is 0 Å². The number of aryl methyl sites for hydroxylation is 1. The van der Waals surface area contributed by atoms with E-state index in [9.17, 15) is 9.59 Å². The molecule has 1 saturated heterocycles. The molecule has 118 valence electrons. The molecule has 1 aromatic rings. The van der Waals surface area contributed by atoms with Gasteiger partial charge in [0.25, 0.3) is 5.91 Å². The van der Waals surface area contributed by atoms with Crippen molar-refractivity contribution in [1.29, 1.82) is 0 Å². The van der Waals surface area contributed by atoms with Crippen molar-refractivity contribution in [1.82, 2.24) is 16.3 Å². The number of carbonyl (C=O) groups is 2. The zero-order chi connectivity index (χ0) is 15.4. The minimum atomic E-state index is -0.343. The predicted molar refractivity (Wildman–Crippen MR) is 77.3 cm³/mol. The van der Waals surface area contributed by atoms with Crippen molar-refractivity contribution in [3.05, 3.63) is 34.9 Å². The Labute approximate surface area is 128 Å². The van der Waals surface area contributed by atoms with Gasteiger partial charge in [-0.1, -0.05) is 17.8 Å². The molecule has 22 heavy (non-hydrogen) atoms. The first-order valence-corrected chi connectivity index (χ1v) is 7.45. The van der Waals surface area contributed by atoms with E-state index in [1.165, 1.54) is 0 Å². The topological polar surface area (TPSA) is 88.7 Å². The lowest BCUT2D eigenvalue weighted by atomic mass is 9.99. The molecule has 1 aromatic carbocycles. The highest BCUT2D eigenvalue weighted by molar-refractivity contribution is 5.98. The maximum absolute atomic E-state index is 11.9. The second-order valence-electron chi connectivity index (χ2n) is 5.37. The Kier molecular flexibility index (Phi) is 4.67. The third kappa shape index (κ3) is 3.44. The van der Waals surface area contributed by atoms with E-state index in [1.54, 1.807) is 0 Å². The largest absolute Gasteiger partial charge is 0.348 e. The highest BCUT2D eigenvalue weighted by atomic mass is 16.9. The zero-order valence-corrected chi connectivity index (χ0v) is 12.2. The van der Waals surface area contributed by atoms with Gasteiger partial charge in [0.2, 0.25) is 5.91 Å². The Morgan fingerprint density at radius 2 is 2.32 bits per heavy atom. The summed E-state index contributed by atoms with van der Waals surface area (Å²) in [6.45, 7) is 1.08. The molecule has 7 heteroatoms. The van der Waals surface area contributed by atoms with E-state index in [1.807, 2.05) is 18.2 Å². The van der Waals surface area contributed by atoms with Gasteiger partial charge in [0.05, 0.1) is 6.61 Å². The predicted octanol–water partition coefficient (Wildman–Crippen LogP) is 0.552. The van der Waals surface area contributed by atoms with Gasteiger partial charge in [-0.2, -0.15) is 0 Å². The lowest BCUT2D eigenvalue weighted by Crippen LogP contribution is -2.44. The first-order chi connectivity index (χ1) is 10.7. The van der Waals surface area contributed by atoms with Crippen molar-refractivity contribution in [2.24, 2.45) is 0 Å². The molecule has 0 bridgehead atoms. The fraction of sp³-hybridized carbons (Fsp3) is 0.467. The van der Waals surface area contributed by atoms with Gasteiger partial charge in [-0.25, -0.2) is 0 Å². The van der Waals surface area contributed by atoms with E-state index in [4.69, 9.17) is 9.68 Å². The minimum Gasteiger partial charge on any atom is -0.348 e. The summed E-state index contributed by atoms with van der Waals surface area (Å²) in [5, 5.41) is 5.62. The highest BCUT2D eigenvalue weighted by Crippen LogP contribution is 2.21. The normalized spacial score (nSPS) is 20.4. The molecule has 7 nitrogen and oxygen atoms in total. The molecule has 1 fully saturated rings. The molecule has 2 heterocycles. The van der Waals surface area contributed by atoms with Crippen LogP contribution in [-0.4, -0.2) is 24.6 Å². The van der Waals surface area contributed by atoms with Gasteiger partial charge < -0.3 is 10.6 Å². The SMILES string of the molecule is O=C(CCCc1cccc2c1CNC2=O)NC1CCONO1. The molecule has 1 atom stereocenters. The molecular weight excluding hydrogens is 286 g/mol. The van der Waals surface area contributed by atoms with Gasteiger partial charge in [-0.3, -0.25) is 19.3 Å². The fourth-order valence-corrected chi connectivity index (χ4v) is 2.71. The molecule has 3 N–H and O–H groups in total. The summed E-state index contributed by atoms with van der Waals surface area (Å²) in [6, 6.07) is 5.74. The molecule has 2 aliphatic heterocycles. The van der Waals surface area contributed by atoms with Gasteiger partial charge in [-0.15, -0.1) is 0 Å². The summed E-state index contributed by atoms with van der Waals surface area (Å²) in [4.78, 5) is 33.3. The quantitative estimate of drug-likeness (QED) is 0.739. The Balaban J connectivity index is 1.47. The van der Waals surface area contributed by atoms with Crippen LogP contribution in [0.3, 0.4) is 0 Å². The summed E-state index contributed by atoms with van der Waals surface area (Å²) in [5.41, 5.74) is 5.25. The minimum absolute atomic E-state index is 0.0150. The monoisotopic (exact) mass is 305 g/mol. The number of fused-ring (bicyclic) bond motifs is 1. The Hall–Kier alpha value is -1.96. The fourth-order valence-electron chi connectivity index (χ4n) is 2.71. The molecule has 0 spiro atoms. The maximum Gasteiger partial charge on any atom is 0.251 e. The molecule has 2 aliphatic rings. The first kappa shape index (κ1) is 15.0. The van der Waals surface area contributed by atoms with Crippen LogP contribution in [-0.2, 0) is 27.4 Å². The van der Waals surface area contributed by atoms with Crippen molar-refractivity contribution in [2.45, 2.75) is 38.5 Å². The highest BCUT2D eigenvalue weighted by Gasteiger charge is 2.21. The van der Waals surface area contributed by atoms with Crippen LogP contribution >= 0.6 is 0 Å². The molecule has 2 amide bonds.